The van der Waals surface area contributed by atoms with Crippen molar-refractivity contribution in [2.24, 2.45) is 0 Å². The SMILES string of the molecule is COc1ccccc1Cc1cn[nH]c1N.Cl. The van der Waals surface area contributed by atoms with E-state index in [1.807, 2.05) is 24.3 Å². The van der Waals surface area contributed by atoms with Crippen molar-refractivity contribution in [3.05, 3.63) is 41.6 Å². The van der Waals surface area contributed by atoms with Gasteiger partial charge in [-0.3, -0.25) is 5.10 Å². The van der Waals surface area contributed by atoms with Crippen LogP contribution in [-0.2, 0) is 6.42 Å². The zero-order valence-corrected chi connectivity index (χ0v) is 9.75. The maximum atomic E-state index is 5.72. The third kappa shape index (κ3) is 2.46. The van der Waals surface area contributed by atoms with E-state index in [9.17, 15) is 0 Å². The third-order valence-electron chi connectivity index (χ3n) is 2.32. The minimum absolute atomic E-state index is 0. The molecule has 0 aliphatic rings. The van der Waals surface area contributed by atoms with E-state index in [4.69, 9.17) is 10.5 Å². The summed E-state index contributed by atoms with van der Waals surface area (Å²) in [5, 5.41) is 6.60. The second kappa shape index (κ2) is 5.42. The van der Waals surface area contributed by atoms with Gasteiger partial charge in [-0.05, 0) is 11.6 Å². The molecule has 4 nitrogen and oxygen atoms in total. The molecular weight excluding hydrogens is 226 g/mol. The second-order valence-electron chi connectivity index (χ2n) is 3.30. The van der Waals surface area contributed by atoms with E-state index in [-0.39, 0.29) is 12.4 Å². The van der Waals surface area contributed by atoms with Gasteiger partial charge in [-0.1, -0.05) is 18.2 Å². The number of aromatic amines is 1. The highest BCUT2D eigenvalue weighted by molar-refractivity contribution is 5.85. The van der Waals surface area contributed by atoms with Crippen molar-refractivity contribution in [1.29, 1.82) is 0 Å². The monoisotopic (exact) mass is 239 g/mol. The van der Waals surface area contributed by atoms with Gasteiger partial charge in [-0.25, -0.2) is 0 Å². The van der Waals surface area contributed by atoms with E-state index in [2.05, 4.69) is 10.2 Å². The topological polar surface area (TPSA) is 63.9 Å². The van der Waals surface area contributed by atoms with Crippen molar-refractivity contribution in [3.8, 4) is 5.75 Å². The summed E-state index contributed by atoms with van der Waals surface area (Å²) in [4.78, 5) is 0. The largest absolute Gasteiger partial charge is 0.496 e. The van der Waals surface area contributed by atoms with Crippen molar-refractivity contribution in [3.63, 3.8) is 0 Å². The van der Waals surface area contributed by atoms with Gasteiger partial charge in [0.05, 0.1) is 13.3 Å². The first-order chi connectivity index (χ1) is 7.31. The lowest BCUT2D eigenvalue weighted by Crippen LogP contribution is -1.95. The molecule has 2 aromatic rings. The Hall–Kier alpha value is -1.68. The van der Waals surface area contributed by atoms with Crippen LogP contribution in [0.2, 0.25) is 0 Å². The number of hydrogen-bond acceptors (Lipinski definition) is 3. The van der Waals surface area contributed by atoms with Crippen LogP contribution in [0.5, 0.6) is 5.75 Å². The van der Waals surface area contributed by atoms with Gasteiger partial charge in [0.1, 0.15) is 11.6 Å². The maximum absolute atomic E-state index is 5.72. The van der Waals surface area contributed by atoms with Gasteiger partial charge < -0.3 is 10.5 Å². The van der Waals surface area contributed by atoms with Crippen LogP contribution in [0.1, 0.15) is 11.1 Å². The summed E-state index contributed by atoms with van der Waals surface area (Å²) in [6.07, 6.45) is 2.47. The van der Waals surface area contributed by atoms with Crippen LogP contribution in [-0.4, -0.2) is 17.3 Å². The Morgan fingerprint density at radius 2 is 2.06 bits per heavy atom. The Morgan fingerprint density at radius 1 is 1.31 bits per heavy atom. The van der Waals surface area contributed by atoms with Crippen LogP contribution < -0.4 is 10.5 Å². The molecule has 0 spiro atoms. The Balaban J connectivity index is 0.00000128. The van der Waals surface area contributed by atoms with Gasteiger partial charge in [-0.15, -0.1) is 12.4 Å². The number of anilines is 1. The predicted molar refractivity (Wildman–Crippen MR) is 66.0 cm³/mol. The first-order valence-corrected chi connectivity index (χ1v) is 4.71. The number of aromatic nitrogens is 2. The second-order valence-corrected chi connectivity index (χ2v) is 3.30. The lowest BCUT2D eigenvalue weighted by molar-refractivity contribution is 0.410. The van der Waals surface area contributed by atoms with Crippen molar-refractivity contribution < 1.29 is 4.74 Å². The van der Waals surface area contributed by atoms with E-state index in [0.717, 1.165) is 23.3 Å². The Morgan fingerprint density at radius 3 is 2.69 bits per heavy atom. The summed E-state index contributed by atoms with van der Waals surface area (Å²) < 4.78 is 5.26. The Bertz CT molecular complexity index is 456. The molecule has 0 aliphatic heterocycles. The number of hydrogen-bond donors (Lipinski definition) is 2. The number of nitrogens with two attached hydrogens (primary N) is 1. The number of halogens is 1. The molecular formula is C11H14ClN3O. The van der Waals surface area contributed by atoms with Gasteiger partial charge in [0, 0.05) is 12.0 Å². The number of para-hydroxylation sites is 1. The van der Waals surface area contributed by atoms with Crippen LogP contribution in [0.3, 0.4) is 0 Å². The molecule has 0 saturated carbocycles. The van der Waals surface area contributed by atoms with Gasteiger partial charge in [0.15, 0.2) is 0 Å². The molecule has 0 radical (unpaired) electrons. The van der Waals surface area contributed by atoms with Gasteiger partial charge in [-0.2, -0.15) is 5.10 Å². The Kier molecular flexibility index (Phi) is 4.19. The van der Waals surface area contributed by atoms with E-state index >= 15 is 0 Å². The molecule has 1 heterocycles. The lowest BCUT2D eigenvalue weighted by atomic mass is 10.1. The van der Waals surface area contributed by atoms with E-state index < -0.39 is 0 Å². The smallest absolute Gasteiger partial charge is 0.122 e. The molecule has 0 bridgehead atoms. The predicted octanol–water partition coefficient (Wildman–Crippen LogP) is 2.01. The number of rotatable bonds is 3. The number of methoxy groups -OCH3 is 1. The first kappa shape index (κ1) is 12.4. The van der Waals surface area contributed by atoms with E-state index in [1.165, 1.54) is 0 Å². The molecule has 0 atom stereocenters. The fraction of sp³-hybridized carbons (Fsp3) is 0.182. The number of nitrogens with zero attached hydrogens (tertiary/aromatic N) is 1. The molecule has 0 saturated heterocycles. The molecule has 1 aromatic heterocycles. The number of nitrogens with one attached hydrogen (secondary N) is 1. The van der Waals surface area contributed by atoms with Gasteiger partial charge in [0.2, 0.25) is 0 Å². The summed E-state index contributed by atoms with van der Waals surface area (Å²) in [5.41, 5.74) is 7.81. The summed E-state index contributed by atoms with van der Waals surface area (Å²) in [7, 11) is 1.66. The van der Waals surface area contributed by atoms with Gasteiger partial charge in [0.25, 0.3) is 0 Å². The molecule has 3 N–H and O–H groups in total. The zero-order valence-electron chi connectivity index (χ0n) is 8.93. The summed E-state index contributed by atoms with van der Waals surface area (Å²) in [5.74, 6) is 1.49. The van der Waals surface area contributed by atoms with Crippen LogP contribution in [0.15, 0.2) is 30.5 Å². The summed E-state index contributed by atoms with van der Waals surface area (Å²) in [6.45, 7) is 0. The van der Waals surface area contributed by atoms with Crippen molar-refractivity contribution in [1.82, 2.24) is 10.2 Å². The average Bonchev–Trinajstić information content (AvgIpc) is 2.65. The molecule has 2 rings (SSSR count). The number of benzene rings is 1. The van der Waals surface area contributed by atoms with Crippen LogP contribution in [0, 0.1) is 0 Å². The lowest BCUT2D eigenvalue weighted by Gasteiger charge is -2.06. The standard InChI is InChI=1S/C11H13N3O.ClH/c1-15-10-5-3-2-4-8(10)6-9-7-13-14-11(9)12;/h2-5,7H,6H2,1H3,(H3,12,13,14);1H. The molecule has 16 heavy (non-hydrogen) atoms. The average molecular weight is 240 g/mol. The van der Waals surface area contributed by atoms with Crippen LogP contribution in [0.25, 0.3) is 0 Å². The zero-order chi connectivity index (χ0) is 10.7. The maximum Gasteiger partial charge on any atom is 0.122 e. The first-order valence-electron chi connectivity index (χ1n) is 4.71. The van der Waals surface area contributed by atoms with Gasteiger partial charge >= 0.3 is 0 Å². The number of nitrogen functional groups attached to an aromatic ring is 1. The fourth-order valence-corrected chi connectivity index (χ4v) is 1.52. The number of H-pyrrole nitrogens is 1. The quantitative estimate of drug-likeness (QED) is 0.861. The molecule has 5 heteroatoms. The highest BCUT2D eigenvalue weighted by Gasteiger charge is 2.06. The van der Waals surface area contributed by atoms with Crippen molar-refractivity contribution >= 4 is 18.2 Å². The minimum Gasteiger partial charge on any atom is -0.496 e. The highest BCUT2D eigenvalue weighted by atomic mass is 35.5. The Labute approximate surface area is 100 Å². The third-order valence-corrected chi connectivity index (χ3v) is 2.32. The minimum atomic E-state index is 0. The molecule has 0 unspecified atom stereocenters. The van der Waals surface area contributed by atoms with Crippen LogP contribution >= 0.6 is 12.4 Å². The summed E-state index contributed by atoms with van der Waals surface area (Å²) in [6, 6.07) is 7.88. The van der Waals surface area contributed by atoms with Crippen molar-refractivity contribution in [2.75, 3.05) is 12.8 Å². The molecule has 1 aromatic carbocycles. The molecule has 86 valence electrons. The fourth-order valence-electron chi connectivity index (χ4n) is 1.52. The van der Waals surface area contributed by atoms with Crippen molar-refractivity contribution in [2.45, 2.75) is 6.42 Å². The van der Waals surface area contributed by atoms with E-state index in [0.29, 0.717) is 5.82 Å². The molecule has 0 fully saturated rings. The summed E-state index contributed by atoms with van der Waals surface area (Å²) >= 11 is 0. The van der Waals surface area contributed by atoms with E-state index in [1.54, 1.807) is 13.3 Å². The highest BCUT2D eigenvalue weighted by Crippen LogP contribution is 2.22. The number of ether oxygens (including phenoxy) is 1. The molecule has 0 amide bonds. The molecule has 0 aliphatic carbocycles. The normalized spacial score (nSPS) is 9.56. The van der Waals surface area contributed by atoms with Crippen LogP contribution in [0.4, 0.5) is 5.82 Å².